The molecule has 0 aliphatic heterocycles. The van der Waals surface area contributed by atoms with Gasteiger partial charge in [0.2, 0.25) is 5.91 Å². The number of nitrogens with one attached hydrogen (secondary N) is 3. The van der Waals surface area contributed by atoms with Crippen molar-refractivity contribution >= 4 is 23.8 Å². The summed E-state index contributed by atoms with van der Waals surface area (Å²) in [4.78, 5) is 47.2. The molecule has 1 heterocycles. The average Bonchev–Trinajstić information content (AvgIpc) is 3.02. The van der Waals surface area contributed by atoms with Crippen molar-refractivity contribution in [1.82, 2.24) is 20.9 Å². The highest BCUT2D eigenvalue weighted by molar-refractivity contribution is 5.97. The van der Waals surface area contributed by atoms with Crippen LogP contribution < -0.4 is 21.7 Å². The van der Waals surface area contributed by atoms with Gasteiger partial charge in [-0.25, -0.2) is 9.59 Å². The number of carboxylic acids is 2. The summed E-state index contributed by atoms with van der Waals surface area (Å²) in [5.41, 5.74) is 6.73. The quantitative estimate of drug-likeness (QED) is 0.0941. The van der Waals surface area contributed by atoms with E-state index in [2.05, 4.69) is 20.9 Å². The summed E-state index contributed by atoms with van der Waals surface area (Å²) < 4.78 is 63.5. The van der Waals surface area contributed by atoms with Crippen molar-refractivity contribution in [3.05, 3.63) is 59.9 Å². The Morgan fingerprint density at radius 2 is 1.27 bits per heavy atom. The molecule has 0 fully saturated rings. The van der Waals surface area contributed by atoms with Crippen LogP contribution in [0.15, 0.2) is 48.8 Å². The van der Waals surface area contributed by atoms with Crippen molar-refractivity contribution in [1.29, 1.82) is 0 Å². The van der Waals surface area contributed by atoms with Crippen LogP contribution in [0.1, 0.15) is 60.9 Å². The number of aromatic nitrogens is 1. The Bertz CT molecular complexity index is 1190. The molecule has 8 N–H and O–H groups in total. The minimum absolute atomic E-state index is 0.159. The van der Waals surface area contributed by atoms with Crippen molar-refractivity contribution in [2.45, 2.75) is 69.8 Å². The number of phenols is 1. The first-order chi connectivity index (χ1) is 22.5. The summed E-state index contributed by atoms with van der Waals surface area (Å²) >= 11 is 0. The number of hydrogen-bond acceptors (Lipinski definition) is 8. The van der Waals surface area contributed by atoms with Gasteiger partial charge < -0.3 is 37.0 Å². The second kappa shape index (κ2) is 23.8. The Hall–Kier alpha value is -4.45. The fraction of sp³-hybridized carbons (Fsp3) is 0.500. The number of alkyl halides is 6. The number of pyridine rings is 1. The topological polar surface area (TPSA) is 204 Å². The molecule has 0 unspecified atom stereocenters. The number of amides is 2. The Morgan fingerprint density at radius 3 is 1.75 bits per heavy atom. The lowest BCUT2D eigenvalue weighted by molar-refractivity contribution is -0.193. The predicted molar refractivity (Wildman–Crippen MR) is 162 cm³/mol. The fourth-order valence-electron chi connectivity index (χ4n) is 3.58. The van der Waals surface area contributed by atoms with E-state index < -0.39 is 30.3 Å². The molecule has 1 atom stereocenters. The van der Waals surface area contributed by atoms with E-state index in [9.17, 15) is 41.0 Å². The van der Waals surface area contributed by atoms with E-state index in [0.29, 0.717) is 18.5 Å². The Balaban J connectivity index is 0.00000131. The molecule has 2 amide bonds. The van der Waals surface area contributed by atoms with E-state index in [1.807, 2.05) is 0 Å². The zero-order chi connectivity index (χ0) is 36.6. The number of carboxylic acid groups (broad SMARTS) is 2. The van der Waals surface area contributed by atoms with Gasteiger partial charge in [-0.15, -0.1) is 0 Å². The molecule has 0 radical (unpaired) electrons. The van der Waals surface area contributed by atoms with Crippen LogP contribution in [0.5, 0.6) is 5.75 Å². The van der Waals surface area contributed by atoms with Gasteiger partial charge >= 0.3 is 24.3 Å². The van der Waals surface area contributed by atoms with E-state index in [1.54, 1.807) is 42.6 Å². The second-order valence-corrected chi connectivity index (χ2v) is 10.0. The lowest BCUT2D eigenvalue weighted by Gasteiger charge is -2.19. The van der Waals surface area contributed by atoms with Gasteiger partial charge in [-0.2, -0.15) is 26.3 Å². The summed E-state index contributed by atoms with van der Waals surface area (Å²) in [6.07, 6.45) is 0.942. The van der Waals surface area contributed by atoms with Crippen LogP contribution in [0.3, 0.4) is 0 Å². The molecule has 12 nitrogen and oxygen atoms in total. The van der Waals surface area contributed by atoms with Crippen molar-refractivity contribution < 1.29 is 60.8 Å². The third kappa shape index (κ3) is 22.1. The zero-order valence-electron chi connectivity index (χ0n) is 25.9. The summed E-state index contributed by atoms with van der Waals surface area (Å²) in [6.45, 7) is 3.35. The van der Waals surface area contributed by atoms with Crippen LogP contribution in [0, 0.1) is 0 Å². The SMILES string of the molecule is NCCCNCCCCCCCCNC(=O)[C@H](Cc1ccc(O)cc1)NC(=O)c1cccnc1.O=C(O)C(F)(F)F.O=C(O)C(F)(F)F. The largest absolute Gasteiger partial charge is 0.508 e. The van der Waals surface area contributed by atoms with Crippen LogP contribution in [0.25, 0.3) is 0 Å². The number of halogens is 6. The highest BCUT2D eigenvalue weighted by Crippen LogP contribution is 2.14. The van der Waals surface area contributed by atoms with E-state index >= 15 is 0 Å². The fourth-order valence-corrected chi connectivity index (χ4v) is 3.58. The second-order valence-electron chi connectivity index (χ2n) is 10.0. The molecule has 0 aliphatic rings. The van der Waals surface area contributed by atoms with Gasteiger partial charge in [0.25, 0.3) is 5.91 Å². The first kappa shape index (κ1) is 43.5. The molecule has 48 heavy (non-hydrogen) atoms. The van der Waals surface area contributed by atoms with Crippen LogP contribution in [0.2, 0.25) is 0 Å². The number of benzene rings is 1. The number of aliphatic carboxylic acids is 2. The van der Waals surface area contributed by atoms with Crippen LogP contribution >= 0.6 is 0 Å². The first-order valence-electron chi connectivity index (χ1n) is 14.8. The van der Waals surface area contributed by atoms with Gasteiger partial charge in [0.1, 0.15) is 11.8 Å². The predicted octanol–water partition coefficient (Wildman–Crippen LogP) is 3.79. The number of nitrogens with zero attached hydrogens (tertiary/aromatic N) is 1. The summed E-state index contributed by atoms with van der Waals surface area (Å²) in [5.74, 6) is -5.91. The number of hydrogen-bond donors (Lipinski definition) is 7. The molecular weight excluding hydrogens is 656 g/mol. The average molecular weight is 698 g/mol. The Morgan fingerprint density at radius 1 is 0.771 bits per heavy atom. The summed E-state index contributed by atoms with van der Waals surface area (Å²) in [7, 11) is 0. The van der Waals surface area contributed by atoms with Crippen LogP contribution in [-0.4, -0.2) is 88.6 Å². The van der Waals surface area contributed by atoms with Gasteiger partial charge in [-0.3, -0.25) is 14.6 Å². The number of aromatic hydroxyl groups is 1. The molecule has 2 rings (SSSR count). The summed E-state index contributed by atoms with van der Waals surface area (Å²) in [5, 5.41) is 32.9. The van der Waals surface area contributed by atoms with Gasteiger partial charge in [-0.05, 0) is 68.7 Å². The van der Waals surface area contributed by atoms with E-state index in [0.717, 1.165) is 50.9 Å². The number of rotatable bonds is 17. The molecule has 0 saturated carbocycles. The summed E-state index contributed by atoms with van der Waals surface area (Å²) in [6, 6.07) is 9.27. The number of carbonyl (C=O) groups excluding carboxylic acids is 2. The highest BCUT2D eigenvalue weighted by atomic mass is 19.4. The van der Waals surface area contributed by atoms with Gasteiger partial charge in [0.15, 0.2) is 0 Å². The molecule has 18 heteroatoms. The molecule has 2 aromatic rings. The molecule has 0 spiro atoms. The minimum atomic E-state index is -5.08. The van der Waals surface area contributed by atoms with E-state index in [4.69, 9.17) is 25.5 Å². The lowest BCUT2D eigenvalue weighted by Crippen LogP contribution is -2.48. The van der Waals surface area contributed by atoms with Gasteiger partial charge in [0.05, 0.1) is 5.56 Å². The third-order valence-electron chi connectivity index (χ3n) is 6.04. The minimum Gasteiger partial charge on any atom is -0.508 e. The highest BCUT2D eigenvalue weighted by Gasteiger charge is 2.38. The first-order valence-corrected chi connectivity index (χ1v) is 14.8. The van der Waals surface area contributed by atoms with Crippen molar-refractivity contribution in [2.75, 3.05) is 26.2 Å². The van der Waals surface area contributed by atoms with Crippen molar-refractivity contribution in [2.24, 2.45) is 5.73 Å². The maximum Gasteiger partial charge on any atom is 0.490 e. The zero-order valence-corrected chi connectivity index (χ0v) is 25.9. The molecule has 1 aromatic heterocycles. The normalized spacial score (nSPS) is 11.6. The molecular formula is C30H41F6N5O7. The van der Waals surface area contributed by atoms with Crippen LogP contribution in [-0.2, 0) is 20.8 Å². The standard InChI is InChI=1S/C26H39N5O3.2C2HF3O2/c27-14-8-17-28-15-5-3-1-2-4-6-18-30-26(34)24(19-21-10-12-23(32)13-11-21)31-25(33)22-9-7-16-29-20-22;2*3-2(4,5)1(6)7/h7,9-13,16,20,24,28,32H,1-6,8,14-15,17-19,27H2,(H,30,34)(H,31,33);2*(H,6,7)/t24-;;/m0../s1. The Labute approximate surface area is 273 Å². The van der Waals surface area contributed by atoms with Crippen molar-refractivity contribution in [3.63, 3.8) is 0 Å². The Kier molecular flexibility index (Phi) is 21.6. The number of unbranched alkanes of at least 4 members (excludes halogenated alkanes) is 5. The number of nitrogens with two attached hydrogens (primary N) is 1. The third-order valence-corrected chi connectivity index (χ3v) is 6.04. The molecule has 1 aromatic carbocycles. The maximum absolute atomic E-state index is 12.9. The van der Waals surface area contributed by atoms with Gasteiger partial charge in [0, 0.05) is 25.4 Å². The van der Waals surface area contributed by atoms with Gasteiger partial charge in [-0.1, -0.05) is 37.8 Å². The maximum atomic E-state index is 12.9. The van der Waals surface area contributed by atoms with E-state index in [-0.39, 0.29) is 17.6 Å². The smallest absolute Gasteiger partial charge is 0.490 e. The van der Waals surface area contributed by atoms with Crippen molar-refractivity contribution in [3.8, 4) is 5.75 Å². The molecule has 0 saturated heterocycles. The monoisotopic (exact) mass is 697 g/mol. The molecule has 0 aliphatic carbocycles. The molecule has 0 bridgehead atoms. The van der Waals surface area contributed by atoms with E-state index in [1.165, 1.54) is 25.5 Å². The lowest BCUT2D eigenvalue weighted by atomic mass is 10.0. The van der Waals surface area contributed by atoms with Crippen LogP contribution in [0.4, 0.5) is 26.3 Å². The number of carbonyl (C=O) groups is 4. The number of phenolic OH excluding ortho intramolecular Hbond substituents is 1. The molecule has 270 valence electrons.